The third-order valence-corrected chi connectivity index (χ3v) is 5.94. The zero-order chi connectivity index (χ0) is 21.3. The Hall–Kier alpha value is -2.99. The largest absolute Gasteiger partial charge is 0.349 e. The van der Waals surface area contributed by atoms with Gasteiger partial charge in [0.15, 0.2) is 5.69 Å². The molecular formula is C25H31N5O. The fourth-order valence-corrected chi connectivity index (χ4v) is 4.24. The molecule has 0 radical (unpaired) electrons. The molecule has 0 bridgehead atoms. The van der Waals surface area contributed by atoms with E-state index in [1.807, 2.05) is 12.1 Å². The summed E-state index contributed by atoms with van der Waals surface area (Å²) < 4.78 is 1.76. The van der Waals surface area contributed by atoms with Crippen LogP contribution in [-0.4, -0.2) is 45.4 Å². The molecular weight excluding hydrogens is 386 g/mol. The summed E-state index contributed by atoms with van der Waals surface area (Å²) in [4.78, 5) is 15.2. The van der Waals surface area contributed by atoms with Crippen LogP contribution in [0.5, 0.6) is 0 Å². The van der Waals surface area contributed by atoms with E-state index >= 15 is 0 Å². The Kier molecular flexibility index (Phi) is 7.45. The van der Waals surface area contributed by atoms with Crippen LogP contribution in [0.25, 0.3) is 0 Å². The summed E-state index contributed by atoms with van der Waals surface area (Å²) in [6.07, 6.45) is 7.41. The van der Waals surface area contributed by atoms with Gasteiger partial charge in [-0.1, -0.05) is 72.3 Å². The van der Waals surface area contributed by atoms with Crippen LogP contribution in [-0.2, 0) is 13.0 Å². The molecule has 1 aliphatic rings. The number of carbonyl (C=O) groups excluding carboxylic acids is 1. The molecule has 4 rings (SSSR count). The van der Waals surface area contributed by atoms with Crippen LogP contribution in [0.1, 0.15) is 53.3 Å². The first-order chi connectivity index (χ1) is 15.3. The molecule has 1 fully saturated rings. The van der Waals surface area contributed by atoms with Gasteiger partial charge in [0.25, 0.3) is 5.91 Å². The second-order valence-electron chi connectivity index (χ2n) is 8.19. The minimum absolute atomic E-state index is 0.160. The predicted octanol–water partition coefficient (Wildman–Crippen LogP) is 3.87. The Labute approximate surface area is 184 Å². The third kappa shape index (κ3) is 6.01. The minimum Gasteiger partial charge on any atom is -0.349 e. The highest BCUT2D eigenvalue weighted by Crippen LogP contribution is 2.24. The summed E-state index contributed by atoms with van der Waals surface area (Å²) in [5.74, 6) is -0.160. The van der Waals surface area contributed by atoms with Gasteiger partial charge >= 0.3 is 0 Å². The van der Waals surface area contributed by atoms with E-state index in [4.69, 9.17) is 0 Å². The number of piperidine rings is 1. The zero-order valence-corrected chi connectivity index (χ0v) is 18.0. The minimum atomic E-state index is -0.160. The van der Waals surface area contributed by atoms with E-state index in [2.05, 4.69) is 69.1 Å². The molecule has 1 amide bonds. The second kappa shape index (κ2) is 10.9. The Morgan fingerprint density at radius 3 is 2.42 bits per heavy atom. The number of benzene rings is 2. The highest BCUT2D eigenvalue weighted by atomic mass is 16.2. The van der Waals surface area contributed by atoms with E-state index in [-0.39, 0.29) is 11.9 Å². The van der Waals surface area contributed by atoms with Gasteiger partial charge in [0.2, 0.25) is 0 Å². The van der Waals surface area contributed by atoms with Crippen LogP contribution < -0.4 is 5.32 Å². The number of nitrogens with one attached hydrogen (secondary N) is 1. The van der Waals surface area contributed by atoms with Crippen molar-refractivity contribution in [3.05, 3.63) is 83.7 Å². The van der Waals surface area contributed by atoms with Gasteiger partial charge in [-0.2, -0.15) is 0 Å². The van der Waals surface area contributed by atoms with Gasteiger partial charge in [-0.15, -0.1) is 5.10 Å². The highest BCUT2D eigenvalue weighted by molar-refractivity contribution is 5.91. The summed E-state index contributed by atoms with van der Waals surface area (Å²) in [6, 6.07) is 21.0. The van der Waals surface area contributed by atoms with E-state index in [0.29, 0.717) is 12.2 Å². The predicted molar refractivity (Wildman–Crippen MR) is 122 cm³/mol. The van der Waals surface area contributed by atoms with Crippen molar-refractivity contribution in [1.82, 2.24) is 25.2 Å². The molecule has 2 aromatic carbocycles. The fourth-order valence-electron chi connectivity index (χ4n) is 4.24. The molecule has 1 aromatic heterocycles. The van der Waals surface area contributed by atoms with Gasteiger partial charge < -0.3 is 5.32 Å². The SMILES string of the molecule is O=C(NC[C@H](c1ccccc1)N1CCCCC1)c1cn(CCCc2ccccc2)nn1. The Morgan fingerprint density at radius 1 is 0.968 bits per heavy atom. The Morgan fingerprint density at radius 2 is 1.68 bits per heavy atom. The van der Waals surface area contributed by atoms with Crippen molar-refractivity contribution < 1.29 is 4.79 Å². The number of carbonyl (C=O) groups is 1. The molecule has 1 atom stereocenters. The molecule has 6 heteroatoms. The number of aromatic nitrogens is 3. The van der Waals surface area contributed by atoms with E-state index in [9.17, 15) is 4.79 Å². The van der Waals surface area contributed by atoms with Gasteiger partial charge in [0, 0.05) is 13.1 Å². The van der Waals surface area contributed by atoms with Gasteiger partial charge in [-0.25, -0.2) is 0 Å². The van der Waals surface area contributed by atoms with Crippen molar-refractivity contribution in [2.45, 2.75) is 44.7 Å². The van der Waals surface area contributed by atoms with Crippen LogP contribution in [0.4, 0.5) is 0 Å². The van der Waals surface area contributed by atoms with Crippen molar-refractivity contribution in [2.75, 3.05) is 19.6 Å². The quantitative estimate of drug-likeness (QED) is 0.574. The van der Waals surface area contributed by atoms with Gasteiger partial charge in [0.05, 0.1) is 12.2 Å². The smallest absolute Gasteiger partial charge is 0.273 e. The molecule has 31 heavy (non-hydrogen) atoms. The molecule has 1 aliphatic heterocycles. The average molecular weight is 418 g/mol. The molecule has 0 unspecified atom stereocenters. The lowest BCUT2D eigenvalue weighted by Crippen LogP contribution is -2.40. The van der Waals surface area contributed by atoms with Crippen molar-refractivity contribution in [3.8, 4) is 0 Å². The van der Waals surface area contributed by atoms with Crippen molar-refractivity contribution in [3.63, 3.8) is 0 Å². The first kappa shape index (κ1) is 21.2. The number of hydrogen-bond acceptors (Lipinski definition) is 4. The number of rotatable bonds is 9. The van der Waals surface area contributed by atoms with Crippen LogP contribution in [0, 0.1) is 0 Å². The van der Waals surface area contributed by atoms with Crippen LogP contribution >= 0.6 is 0 Å². The highest BCUT2D eigenvalue weighted by Gasteiger charge is 2.23. The molecule has 2 heterocycles. The number of hydrogen-bond donors (Lipinski definition) is 1. The lowest BCUT2D eigenvalue weighted by atomic mass is 10.0. The van der Waals surface area contributed by atoms with Gasteiger partial charge in [-0.3, -0.25) is 14.4 Å². The van der Waals surface area contributed by atoms with Crippen molar-refractivity contribution >= 4 is 5.91 Å². The molecule has 0 saturated carbocycles. The number of aryl methyl sites for hydroxylation is 2. The molecule has 3 aromatic rings. The third-order valence-electron chi connectivity index (χ3n) is 5.94. The first-order valence-electron chi connectivity index (χ1n) is 11.3. The summed E-state index contributed by atoms with van der Waals surface area (Å²) >= 11 is 0. The van der Waals surface area contributed by atoms with Gasteiger partial charge in [-0.05, 0) is 49.9 Å². The molecule has 162 valence electrons. The van der Waals surface area contributed by atoms with Gasteiger partial charge in [0.1, 0.15) is 0 Å². The van der Waals surface area contributed by atoms with Crippen molar-refractivity contribution in [1.29, 1.82) is 0 Å². The maximum Gasteiger partial charge on any atom is 0.273 e. The second-order valence-corrected chi connectivity index (χ2v) is 8.19. The molecule has 6 nitrogen and oxygen atoms in total. The number of nitrogens with zero attached hydrogens (tertiary/aromatic N) is 4. The summed E-state index contributed by atoms with van der Waals surface area (Å²) in [5, 5.41) is 11.3. The molecule has 0 aliphatic carbocycles. The number of amides is 1. The molecule has 1 saturated heterocycles. The lowest BCUT2D eigenvalue weighted by Gasteiger charge is -2.35. The van der Waals surface area contributed by atoms with E-state index in [1.165, 1.54) is 30.4 Å². The standard InChI is InChI=1S/C25H31N5O/c31-25(23-20-30(28-27-23)18-10-13-21-11-4-1-5-12-21)26-19-24(22-14-6-2-7-15-22)29-16-8-3-9-17-29/h1-2,4-7,11-12,14-15,20,24H,3,8-10,13,16-19H2,(H,26,31)/t24-/m1/s1. The van der Waals surface area contributed by atoms with E-state index in [0.717, 1.165) is 32.5 Å². The zero-order valence-electron chi connectivity index (χ0n) is 18.0. The Balaban J connectivity index is 1.31. The van der Waals surface area contributed by atoms with Crippen LogP contribution in [0.2, 0.25) is 0 Å². The Bertz CT molecular complexity index is 935. The first-order valence-corrected chi connectivity index (χ1v) is 11.3. The molecule has 0 spiro atoms. The van der Waals surface area contributed by atoms with Crippen LogP contribution in [0.15, 0.2) is 66.9 Å². The maximum absolute atomic E-state index is 12.7. The average Bonchev–Trinajstić information content (AvgIpc) is 3.30. The monoisotopic (exact) mass is 417 g/mol. The molecule has 1 N–H and O–H groups in total. The summed E-state index contributed by atoms with van der Waals surface area (Å²) in [7, 11) is 0. The normalized spacial score (nSPS) is 15.5. The lowest BCUT2D eigenvalue weighted by molar-refractivity contribution is 0.0919. The van der Waals surface area contributed by atoms with E-state index in [1.54, 1.807) is 10.9 Å². The van der Waals surface area contributed by atoms with E-state index < -0.39 is 0 Å². The summed E-state index contributed by atoms with van der Waals surface area (Å²) in [5.41, 5.74) is 2.93. The van der Waals surface area contributed by atoms with Crippen molar-refractivity contribution in [2.24, 2.45) is 0 Å². The fraction of sp³-hybridized carbons (Fsp3) is 0.400. The summed E-state index contributed by atoms with van der Waals surface area (Å²) in [6.45, 7) is 3.47. The van der Waals surface area contributed by atoms with Crippen LogP contribution in [0.3, 0.4) is 0 Å². The number of likely N-dealkylation sites (tertiary alicyclic amines) is 1. The maximum atomic E-state index is 12.7. The topological polar surface area (TPSA) is 63.1 Å².